The summed E-state index contributed by atoms with van der Waals surface area (Å²) in [5, 5.41) is 16.8. The minimum Gasteiger partial charge on any atom is -0.635 e. The minimum absolute atomic E-state index is 0. The number of para-hydroxylation sites is 2. The first kappa shape index (κ1) is 83.0. The first-order valence-electron chi connectivity index (χ1n) is 24.4. The fraction of sp³-hybridized carbons (Fsp3) is 0.379. The van der Waals surface area contributed by atoms with E-state index in [1.54, 1.807) is 60.7 Å². The van der Waals surface area contributed by atoms with E-state index in [1.807, 2.05) is 126 Å². The average Bonchev–Trinajstić information content (AvgIpc) is 3.43. The summed E-state index contributed by atoms with van der Waals surface area (Å²) in [6.07, 6.45) is 6.33. The molecule has 0 amide bonds. The Labute approximate surface area is 450 Å². The van der Waals surface area contributed by atoms with Crippen molar-refractivity contribution in [1.29, 1.82) is 0 Å². The maximum Gasteiger partial charge on any atom is 0.362 e. The molecule has 0 fully saturated rings. The van der Waals surface area contributed by atoms with E-state index in [2.05, 4.69) is 37.2 Å². The Bertz CT molecular complexity index is 2220. The fourth-order valence-electron chi connectivity index (χ4n) is 4.70. The number of carbonyl (C=O) groups excluding carboxylic acids is 2. The zero-order chi connectivity index (χ0) is 56.2. The zero-order valence-corrected chi connectivity index (χ0v) is 57.7. The molecule has 1 radical (unpaired) electrons. The second-order valence-corrected chi connectivity index (χ2v) is 14.0. The standard InChI is InChI=1S/C16H16O4.C11H8N2O3S.C7H7O2.C6H6O.2C3H8.6C2H6.Re.Rf/c1-18-13-10-9-12(15(19-2)16(13)20-3)14(17)11-7-5-4-6-8-11;1-17(15,16)10-4-2-3-8-7(10)5-6-9(13-12)11(8)14;8-6-9-7-4-2-1-3-5-7;7-6-4-2-1-3-5-6;2*1-3-2;6*1-2;;/h4-10H,1-3H3;2-6H,1H3;1-6,8H;1-5,7H;2*3H2,1-2H3;6*1-2H3;;/q;;-1;;;;;;;;;;;. The number of rotatable bonds is 8. The van der Waals surface area contributed by atoms with Crippen LogP contribution in [0.1, 0.15) is 155 Å². The number of hydrogen-bond acceptors (Lipinski definition) is 10. The van der Waals surface area contributed by atoms with Crippen LogP contribution in [0.15, 0.2) is 132 Å². The van der Waals surface area contributed by atoms with Crippen LogP contribution in [-0.2, 0) is 30.3 Å². The Morgan fingerprint density at radius 1 is 0.616 bits per heavy atom. The van der Waals surface area contributed by atoms with E-state index in [0.717, 1.165) is 6.26 Å². The monoisotopic (exact) mass is 1460 g/mol. The van der Waals surface area contributed by atoms with Crippen molar-refractivity contribution < 1.29 is 72.4 Å². The van der Waals surface area contributed by atoms with Gasteiger partial charge in [0.2, 0.25) is 5.75 Å². The number of allylic oxidation sites excluding steroid dienone is 1. The van der Waals surface area contributed by atoms with Crippen molar-refractivity contribution in [1.82, 2.24) is 0 Å². The molecule has 5 aromatic carbocycles. The molecule has 0 aliphatic heterocycles. The Kier molecular flexibility index (Phi) is 65.6. The summed E-state index contributed by atoms with van der Waals surface area (Å²) in [5.74, 6) is 1.66. The second-order valence-electron chi connectivity index (χ2n) is 12.0. The molecule has 0 unspecified atom stereocenters. The number of Topliss-reactive ketones (excluding diaryl/α,β-unsaturated/α-hetero) is 1. The summed E-state index contributed by atoms with van der Waals surface area (Å²) in [6.45, 7) is 33.2. The summed E-state index contributed by atoms with van der Waals surface area (Å²) in [7, 11) is 1.15. The number of benzene rings is 5. The smallest absolute Gasteiger partial charge is 0.362 e. The van der Waals surface area contributed by atoms with Crippen LogP contribution in [0.5, 0.6) is 28.7 Å². The van der Waals surface area contributed by atoms with E-state index in [1.165, 1.54) is 64.5 Å². The molecule has 0 spiro atoms. The number of carbonyl (C=O) groups is 2. The molecule has 407 valence electrons. The van der Waals surface area contributed by atoms with Crippen molar-refractivity contribution in [2.75, 3.05) is 27.6 Å². The molecule has 1 aliphatic carbocycles. The molecule has 1 aliphatic rings. The summed E-state index contributed by atoms with van der Waals surface area (Å²) in [6, 6.07) is 34.6. The third-order valence-electron chi connectivity index (χ3n) is 7.13. The van der Waals surface area contributed by atoms with E-state index in [-0.39, 0.29) is 42.4 Å². The van der Waals surface area contributed by atoms with Crippen molar-refractivity contribution in [3.63, 3.8) is 0 Å². The van der Waals surface area contributed by atoms with Gasteiger partial charge in [-0.25, -0.2) is 8.42 Å². The molecule has 73 heavy (non-hydrogen) atoms. The van der Waals surface area contributed by atoms with E-state index in [4.69, 9.17) is 30.0 Å². The average molecular weight is 1460 g/mol. The summed E-state index contributed by atoms with van der Waals surface area (Å²) in [4.78, 5) is 27.3. The van der Waals surface area contributed by atoms with Crippen LogP contribution in [0.25, 0.3) is 11.6 Å². The zero-order valence-electron chi connectivity index (χ0n) is 47.7. The van der Waals surface area contributed by atoms with Gasteiger partial charge in [-0.3, -0.25) is 9.59 Å². The van der Waals surface area contributed by atoms with E-state index < -0.39 is 15.6 Å². The minimum atomic E-state index is -3.40. The third kappa shape index (κ3) is 35.0. The predicted molar refractivity (Wildman–Crippen MR) is 299 cm³/mol. The first-order chi connectivity index (χ1) is 34.3. The van der Waals surface area contributed by atoms with Gasteiger partial charge in [0.15, 0.2) is 27.1 Å². The number of ether oxygens (including phenoxy) is 4. The van der Waals surface area contributed by atoms with Crippen molar-refractivity contribution in [3.05, 3.63) is 162 Å². The van der Waals surface area contributed by atoms with Crippen molar-refractivity contribution in [2.45, 2.75) is 129 Å². The van der Waals surface area contributed by atoms with Gasteiger partial charge in [-0.05, 0) is 55.3 Å². The van der Waals surface area contributed by atoms with Crippen LogP contribution in [0.3, 0.4) is 0 Å². The van der Waals surface area contributed by atoms with Gasteiger partial charge >= 0.3 is 5.71 Å². The van der Waals surface area contributed by atoms with E-state index in [0.29, 0.717) is 52.2 Å². The van der Waals surface area contributed by atoms with E-state index >= 15 is 0 Å². The molecule has 2 N–H and O–H groups in total. The molecule has 0 bridgehead atoms. The van der Waals surface area contributed by atoms with Crippen LogP contribution >= 0.6 is 0 Å². The topological polar surface area (TPSA) is 182 Å². The third-order valence-corrected chi connectivity index (χ3v) is 8.29. The van der Waals surface area contributed by atoms with Crippen molar-refractivity contribution in [2.24, 2.45) is 0 Å². The predicted octanol–water partition coefficient (Wildman–Crippen LogP) is 15.9. The number of phenols is 1. The molecule has 0 saturated heterocycles. The number of phenolic OH excluding ortho intramolecular Hbond substituents is 1. The summed E-state index contributed by atoms with van der Waals surface area (Å²) >= 11 is 0. The van der Waals surface area contributed by atoms with Crippen molar-refractivity contribution in [3.8, 4) is 28.7 Å². The Hall–Kier alpha value is -6.87. The number of nitrogens with zero attached hydrogens (tertiary/aromatic N) is 2. The number of fused-ring (bicyclic) bond motifs is 1. The molecule has 12 nitrogen and oxygen atoms in total. The molecule has 5 aromatic rings. The number of aliphatic hydroxyl groups is 1. The van der Waals surface area contributed by atoms with Gasteiger partial charge < -0.3 is 34.7 Å². The largest absolute Gasteiger partial charge is 0.635 e. The quantitative estimate of drug-likeness (QED) is 0.0656. The van der Waals surface area contributed by atoms with Gasteiger partial charge in [-0.1, -0.05) is 202 Å². The number of aliphatic hydroxyl groups excluding tert-OH is 1. The molecule has 15 heteroatoms. The molecule has 0 atom stereocenters. The Morgan fingerprint density at radius 3 is 1.40 bits per heavy atom. The van der Waals surface area contributed by atoms with E-state index in [9.17, 15) is 18.0 Å². The summed E-state index contributed by atoms with van der Waals surface area (Å²) < 4.78 is 43.5. The van der Waals surface area contributed by atoms with Gasteiger partial charge in [0.05, 0.1) is 37.5 Å². The maximum atomic E-state index is 12.5. The molecule has 0 heterocycles. The van der Waals surface area contributed by atoms with Gasteiger partial charge in [0.1, 0.15) is 5.75 Å². The van der Waals surface area contributed by atoms with Crippen LogP contribution in [0.4, 0.5) is 0 Å². The normalized spacial score (nSPS) is 9.00. The maximum absolute atomic E-state index is 12.5. The van der Waals surface area contributed by atoms with Gasteiger partial charge in [-0.2, -0.15) is 4.79 Å². The van der Waals surface area contributed by atoms with Crippen LogP contribution in [0.2, 0.25) is 0 Å². The first-order valence-corrected chi connectivity index (χ1v) is 26.3. The molecular weight excluding hydrogens is 1370 g/mol. The fourth-order valence-corrected chi connectivity index (χ4v) is 5.61. The molecule has 6 rings (SSSR count). The summed E-state index contributed by atoms with van der Waals surface area (Å²) in [5.41, 5.74) is 10.1. The molecule has 0 saturated carbocycles. The Morgan fingerprint density at radius 2 is 1.04 bits per heavy atom. The second kappa shape index (κ2) is 57.7. The van der Waals surface area contributed by atoms with Gasteiger partial charge in [0, 0.05) is 49.4 Å². The van der Waals surface area contributed by atoms with Crippen molar-refractivity contribution >= 4 is 33.2 Å². The molecule has 0 aromatic heterocycles. The number of ketones is 2. The van der Waals surface area contributed by atoms with Crippen LogP contribution in [0, 0.1) is 6.79 Å². The molecular formula is C58H89N2O10ReRfS-. The number of hydrogen-bond donors (Lipinski definition) is 2. The van der Waals surface area contributed by atoms with Gasteiger partial charge in [-0.15, -0.1) is 0 Å². The number of sulfone groups is 1. The van der Waals surface area contributed by atoms with Gasteiger partial charge in [0.25, 0.3) is 5.78 Å². The number of aromatic hydroxyl groups is 1. The number of methoxy groups -OCH3 is 3. The van der Waals surface area contributed by atoms with Crippen LogP contribution in [-0.4, -0.2) is 68.3 Å². The Balaban J connectivity index is -0.000000120. The SMILES string of the molecule is CC.CC.CC.CC.CC.CC.CCC.CCC.COc1ccc(C(=O)c2ccccc2)c(OC)c1OC.CS(=O)(=O)c1cccc2c1C=CC(=[N+]=[N-])C2=O.O[CH-]Oc1ccccc1.Oc1ccccc1.[Re].[Rf]. The van der Waals surface area contributed by atoms with Crippen LogP contribution < -0.4 is 18.9 Å².